The minimum Gasteiger partial charge on any atom is -0.394 e. The van der Waals surface area contributed by atoms with Crippen LogP contribution in [-0.2, 0) is 17.0 Å². The van der Waals surface area contributed by atoms with Crippen LogP contribution in [0.25, 0.3) is 0 Å². The monoisotopic (exact) mass is 917 g/mol. The molecule has 0 aliphatic carbocycles. The van der Waals surface area contributed by atoms with Crippen molar-refractivity contribution in [3.05, 3.63) is 33.1 Å². The molecule has 0 saturated carbocycles. The molecule has 1 saturated heterocycles. The molecule has 382 valence electrons. The van der Waals surface area contributed by atoms with E-state index in [9.17, 15) is 24.9 Å². The quantitative estimate of drug-likeness (QED) is 0.0561. The normalized spacial score (nSPS) is 19.8. The second-order valence-corrected chi connectivity index (χ2v) is 20.7. The lowest BCUT2D eigenvalue weighted by Gasteiger charge is -2.43. The van der Waals surface area contributed by atoms with E-state index in [-0.39, 0.29) is 12.0 Å². The number of unbranched alkanes of at least 4 members (excludes halogenated alkanes) is 39. The van der Waals surface area contributed by atoms with Crippen LogP contribution in [0.2, 0.25) is 0 Å². The van der Waals surface area contributed by atoms with Crippen LogP contribution in [0.15, 0.2) is 21.9 Å². The summed E-state index contributed by atoms with van der Waals surface area (Å²) in [6, 6.07) is 1.42. The topological polar surface area (TPSA) is 114 Å². The molecule has 4 atom stereocenters. The Bertz CT molecular complexity index is 1350. The molecule has 8 nitrogen and oxygen atoms in total. The Kier molecular flexibility index (Phi) is 36.1. The third-order valence-corrected chi connectivity index (χ3v) is 15.0. The molecule has 0 radical (unpaired) electrons. The van der Waals surface area contributed by atoms with Gasteiger partial charge in [0.15, 0.2) is 5.72 Å². The second kappa shape index (κ2) is 39.4. The van der Waals surface area contributed by atoms with E-state index >= 15 is 0 Å². The summed E-state index contributed by atoms with van der Waals surface area (Å²) in [7, 11) is 0. The van der Waals surface area contributed by atoms with Crippen molar-refractivity contribution in [2.24, 2.45) is 0 Å². The summed E-state index contributed by atoms with van der Waals surface area (Å²) in [6.45, 7) is 6.66. The molecule has 1 aliphatic heterocycles. The Morgan fingerprint density at radius 2 is 0.785 bits per heavy atom. The highest BCUT2D eigenvalue weighted by atomic mass is 16.6. The van der Waals surface area contributed by atoms with Crippen molar-refractivity contribution < 1.29 is 20.1 Å². The molecule has 0 aromatic carbocycles. The molecular formula is C57H108N2O6. The standard InChI is InChI=1S/C57H108N2O6/c1-4-7-10-13-16-19-22-25-28-31-34-37-40-43-47-56(64)54(62)52(51-60)65-57(56,48-44-41-38-35-32-29-26-23-20-17-14-11-8-5-2)59-50-46-53(61)58(55(59)63)49-45-42-39-36-33-30-27-24-21-18-15-12-9-6-3/h46,50,52,54,60,62,64H,4-45,47-49,51H2,1-3H3/t52-,54-,56-,57-/m1/s1. The van der Waals surface area contributed by atoms with Gasteiger partial charge < -0.3 is 20.1 Å². The van der Waals surface area contributed by atoms with Gasteiger partial charge in [-0.15, -0.1) is 0 Å². The third kappa shape index (κ3) is 24.1. The van der Waals surface area contributed by atoms with Gasteiger partial charge >= 0.3 is 5.69 Å². The minimum atomic E-state index is -1.80. The van der Waals surface area contributed by atoms with Crippen LogP contribution in [0.4, 0.5) is 0 Å². The Morgan fingerprint density at radius 1 is 0.477 bits per heavy atom. The largest absolute Gasteiger partial charge is 0.394 e. The summed E-state index contributed by atoms with van der Waals surface area (Å²) in [6.07, 6.45) is 51.0. The van der Waals surface area contributed by atoms with Gasteiger partial charge in [0.05, 0.1) is 6.61 Å². The highest BCUT2D eigenvalue weighted by molar-refractivity contribution is 5.11. The number of aliphatic hydroxyl groups is 3. The number of ether oxygens (including phenoxy) is 1. The van der Waals surface area contributed by atoms with Crippen molar-refractivity contribution in [2.45, 2.75) is 333 Å². The average molecular weight is 917 g/mol. The Balaban J connectivity index is 2.02. The average Bonchev–Trinajstić information content (AvgIpc) is 3.52. The lowest BCUT2D eigenvalue weighted by Crippen LogP contribution is -2.61. The first-order chi connectivity index (χ1) is 31.8. The van der Waals surface area contributed by atoms with E-state index in [0.29, 0.717) is 25.8 Å². The van der Waals surface area contributed by atoms with Crippen molar-refractivity contribution in [2.75, 3.05) is 6.61 Å². The summed E-state index contributed by atoms with van der Waals surface area (Å²) in [4.78, 5) is 27.8. The molecule has 8 heteroatoms. The number of aromatic nitrogens is 2. The SMILES string of the molecule is CCCCCCCCCCCCCCCCn1c(=O)ccn([C@]2(CCCCCCCCCCCCCCCC)O[C@H](CO)[C@@H](O)[C@]2(O)CCCCCCCCCCCCCCCC)c1=O. The Hall–Kier alpha value is -1.48. The van der Waals surface area contributed by atoms with Crippen LogP contribution in [-0.4, -0.2) is 48.9 Å². The van der Waals surface area contributed by atoms with Crippen molar-refractivity contribution in [3.63, 3.8) is 0 Å². The first-order valence-corrected chi connectivity index (χ1v) is 28.8. The Labute approximate surface area is 400 Å². The molecule has 1 aromatic heterocycles. The van der Waals surface area contributed by atoms with E-state index < -0.39 is 35.8 Å². The first kappa shape index (κ1) is 59.6. The molecule has 3 N–H and O–H groups in total. The van der Waals surface area contributed by atoms with Gasteiger partial charge in [-0.25, -0.2) is 4.79 Å². The molecule has 2 heterocycles. The van der Waals surface area contributed by atoms with Gasteiger partial charge in [0.1, 0.15) is 17.8 Å². The van der Waals surface area contributed by atoms with Gasteiger partial charge in [-0.2, -0.15) is 0 Å². The minimum absolute atomic E-state index is 0.256. The van der Waals surface area contributed by atoms with Gasteiger partial charge in [0.25, 0.3) is 5.56 Å². The molecule has 0 amide bonds. The molecule has 1 fully saturated rings. The highest BCUT2D eigenvalue weighted by Crippen LogP contribution is 2.49. The predicted octanol–water partition coefficient (Wildman–Crippen LogP) is 15.4. The number of hydrogen-bond donors (Lipinski definition) is 3. The maximum Gasteiger partial charge on any atom is 0.333 e. The summed E-state index contributed by atoms with van der Waals surface area (Å²) >= 11 is 0. The summed E-state index contributed by atoms with van der Waals surface area (Å²) in [5, 5.41) is 35.0. The summed E-state index contributed by atoms with van der Waals surface area (Å²) in [5.74, 6) is 0. The van der Waals surface area contributed by atoms with E-state index in [1.54, 1.807) is 0 Å². The van der Waals surface area contributed by atoms with Crippen molar-refractivity contribution >= 4 is 0 Å². The lowest BCUT2D eigenvalue weighted by molar-refractivity contribution is -0.207. The van der Waals surface area contributed by atoms with Crippen LogP contribution >= 0.6 is 0 Å². The molecule has 1 aromatic rings. The molecule has 65 heavy (non-hydrogen) atoms. The van der Waals surface area contributed by atoms with E-state index in [4.69, 9.17) is 4.74 Å². The molecule has 2 rings (SSSR count). The van der Waals surface area contributed by atoms with Gasteiger partial charge in [0.2, 0.25) is 0 Å². The number of hydrogen-bond acceptors (Lipinski definition) is 6. The molecule has 0 unspecified atom stereocenters. The molecule has 0 bridgehead atoms. The fraction of sp³-hybridized carbons (Fsp3) is 0.930. The maximum absolute atomic E-state index is 14.5. The highest BCUT2D eigenvalue weighted by Gasteiger charge is 2.65. The van der Waals surface area contributed by atoms with Crippen molar-refractivity contribution in [1.29, 1.82) is 0 Å². The zero-order chi connectivity index (χ0) is 47.1. The van der Waals surface area contributed by atoms with Gasteiger partial charge in [-0.1, -0.05) is 278 Å². The fourth-order valence-electron chi connectivity index (χ4n) is 10.7. The van der Waals surface area contributed by atoms with Crippen molar-refractivity contribution in [3.8, 4) is 0 Å². The van der Waals surface area contributed by atoms with Crippen LogP contribution in [0, 0.1) is 0 Å². The zero-order valence-corrected chi connectivity index (χ0v) is 43.3. The van der Waals surface area contributed by atoms with Crippen LogP contribution in [0.5, 0.6) is 0 Å². The summed E-state index contributed by atoms with van der Waals surface area (Å²) in [5.41, 5.74) is -4.23. The van der Waals surface area contributed by atoms with Gasteiger partial charge in [-0.05, 0) is 25.7 Å². The van der Waals surface area contributed by atoms with Crippen LogP contribution in [0.3, 0.4) is 0 Å². The van der Waals surface area contributed by atoms with E-state index in [1.165, 1.54) is 220 Å². The smallest absolute Gasteiger partial charge is 0.333 e. The maximum atomic E-state index is 14.5. The molecular weight excluding hydrogens is 809 g/mol. The van der Waals surface area contributed by atoms with Crippen LogP contribution in [0.1, 0.15) is 303 Å². The van der Waals surface area contributed by atoms with E-state index in [2.05, 4.69) is 20.8 Å². The van der Waals surface area contributed by atoms with E-state index in [1.807, 2.05) is 0 Å². The fourth-order valence-corrected chi connectivity index (χ4v) is 10.7. The second-order valence-electron chi connectivity index (χ2n) is 20.7. The number of aliphatic hydroxyl groups excluding tert-OH is 2. The number of nitrogens with zero attached hydrogens (tertiary/aromatic N) is 2. The van der Waals surface area contributed by atoms with Gasteiger partial charge in [-0.3, -0.25) is 13.9 Å². The van der Waals surface area contributed by atoms with Crippen molar-refractivity contribution in [1.82, 2.24) is 9.13 Å². The molecule has 0 spiro atoms. The predicted molar refractivity (Wildman–Crippen MR) is 276 cm³/mol. The zero-order valence-electron chi connectivity index (χ0n) is 43.3. The Morgan fingerprint density at radius 3 is 1.12 bits per heavy atom. The van der Waals surface area contributed by atoms with Gasteiger partial charge in [0, 0.05) is 18.8 Å². The lowest BCUT2D eigenvalue weighted by atomic mass is 9.78. The first-order valence-electron chi connectivity index (χ1n) is 28.8. The number of rotatable bonds is 47. The van der Waals surface area contributed by atoms with E-state index in [0.717, 1.165) is 57.8 Å². The molecule has 1 aliphatic rings. The van der Waals surface area contributed by atoms with Crippen LogP contribution < -0.4 is 11.2 Å². The summed E-state index contributed by atoms with van der Waals surface area (Å²) < 4.78 is 9.34. The third-order valence-electron chi connectivity index (χ3n) is 15.0.